The van der Waals surface area contributed by atoms with E-state index in [1.807, 2.05) is 0 Å². The van der Waals surface area contributed by atoms with Crippen molar-refractivity contribution >= 4 is 23.5 Å². The van der Waals surface area contributed by atoms with E-state index >= 15 is 0 Å². The fourth-order valence-corrected chi connectivity index (χ4v) is 2.27. The fraction of sp³-hybridized carbons (Fsp3) is 0.400. The van der Waals surface area contributed by atoms with Crippen LogP contribution in [0.4, 0.5) is 5.69 Å². The molecule has 1 aliphatic rings. The highest BCUT2D eigenvalue weighted by molar-refractivity contribution is 6.32. The molecule has 7 nitrogen and oxygen atoms in total. The standard InChI is InChI=1S/C15H18N2O5/c1-3-22-15(20)14(19)16-10-7-13(18)17(9-10)11-5-4-6-12(8-11)21-2/h4-6,8,10H,3,7,9H2,1-2H3,(H,16,19). The topological polar surface area (TPSA) is 84.9 Å². The normalized spacial score (nSPS) is 17.3. The number of hydrogen-bond donors (Lipinski definition) is 1. The highest BCUT2D eigenvalue weighted by Gasteiger charge is 2.33. The average molecular weight is 306 g/mol. The monoisotopic (exact) mass is 306 g/mol. The number of hydrogen-bond acceptors (Lipinski definition) is 5. The molecule has 2 amide bonds. The van der Waals surface area contributed by atoms with E-state index in [1.54, 1.807) is 43.2 Å². The van der Waals surface area contributed by atoms with Crippen LogP contribution in [0.3, 0.4) is 0 Å². The van der Waals surface area contributed by atoms with Gasteiger partial charge in [-0.1, -0.05) is 6.07 Å². The number of rotatable bonds is 4. The van der Waals surface area contributed by atoms with E-state index in [-0.39, 0.29) is 18.9 Å². The number of anilines is 1. The van der Waals surface area contributed by atoms with Gasteiger partial charge in [0.15, 0.2) is 0 Å². The Kier molecular flexibility index (Phi) is 4.98. The Morgan fingerprint density at radius 1 is 1.41 bits per heavy atom. The van der Waals surface area contributed by atoms with Gasteiger partial charge in [0, 0.05) is 24.7 Å². The van der Waals surface area contributed by atoms with E-state index in [4.69, 9.17) is 4.74 Å². The molecule has 0 aliphatic carbocycles. The zero-order chi connectivity index (χ0) is 16.1. The third-order valence-corrected chi connectivity index (χ3v) is 3.29. The van der Waals surface area contributed by atoms with Crippen LogP contribution in [0.15, 0.2) is 24.3 Å². The van der Waals surface area contributed by atoms with Crippen molar-refractivity contribution < 1.29 is 23.9 Å². The van der Waals surface area contributed by atoms with E-state index in [2.05, 4.69) is 10.1 Å². The Labute approximate surface area is 128 Å². The molecule has 22 heavy (non-hydrogen) atoms. The SMILES string of the molecule is CCOC(=O)C(=O)NC1CC(=O)N(c2cccc(OC)c2)C1. The van der Waals surface area contributed by atoms with Gasteiger partial charge in [-0.05, 0) is 19.1 Å². The molecule has 118 valence electrons. The van der Waals surface area contributed by atoms with E-state index in [0.717, 1.165) is 0 Å². The Morgan fingerprint density at radius 2 is 2.18 bits per heavy atom. The van der Waals surface area contributed by atoms with Crippen molar-refractivity contribution in [3.63, 3.8) is 0 Å². The van der Waals surface area contributed by atoms with Gasteiger partial charge in [0.05, 0.1) is 19.8 Å². The summed E-state index contributed by atoms with van der Waals surface area (Å²) >= 11 is 0. The number of amides is 2. The van der Waals surface area contributed by atoms with Gasteiger partial charge in [0.2, 0.25) is 5.91 Å². The third-order valence-electron chi connectivity index (χ3n) is 3.29. The number of ether oxygens (including phenoxy) is 2. The van der Waals surface area contributed by atoms with Gasteiger partial charge in [0.1, 0.15) is 5.75 Å². The van der Waals surface area contributed by atoms with Crippen molar-refractivity contribution in [2.45, 2.75) is 19.4 Å². The first-order valence-electron chi connectivity index (χ1n) is 6.97. The lowest BCUT2D eigenvalue weighted by atomic mass is 10.2. The van der Waals surface area contributed by atoms with Crippen LogP contribution in [0, 0.1) is 0 Å². The lowest BCUT2D eigenvalue weighted by Crippen LogP contribution is -2.41. The van der Waals surface area contributed by atoms with Gasteiger partial charge in [-0.15, -0.1) is 0 Å². The molecular weight excluding hydrogens is 288 g/mol. The van der Waals surface area contributed by atoms with E-state index in [0.29, 0.717) is 18.0 Å². The quantitative estimate of drug-likeness (QED) is 0.646. The van der Waals surface area contributed by atoms with Crippen molar-refractivity contribution in [3.8, 4) is 5.75 Å². The number of carbonyl (C=O) groups excluding carboxylic acids is 3. The lowest BCUT2D eigenvalue weighted by Gasteiger charge is -2.17. The second kappa shape index (κ2) is 6.93. The molecule has 1 aromatic carbocycles. The first kappa shape index (κ1) is 15.8. The van der Waals surface area contributed by atoms with Crippen LogP contribution in [-0.4, -0.2) is 44.1 Å². The summed E-state index contributed by atoms with van der Waals surface area (Å²) in [5.74, 6) is -1.24. The highest BCUT2D eigenvalue weighted by atomic mass is 16.5. The van der Waals surface area contributed by atoms with Gasteiger partial charge < -0.3 is 19.7 Å². The zero-order valence-corrected chi connectivity index (χ0v) is 12.5. The lowest BCUT2D eigenvalue weighted by molar-refractivity contribution is -0.154. The van der Waals surface area contributed by atoms with Gasteiger partial charge in [-0.3, -0.25) is 9.59 Å². The molecule has 7 heteroatoms. The molecule has 1 atom stereocenters. The summed E-state index contributed by atoms with van der Waals surface area (Å²) in [4.78, 5) is 36.5. The molecule has 1 heterocycles. The number of carbonyl (C=O) groups is 3. The Hall–Kier alpha value is -2.57. The molecule has 1 fully saturated rings. The highest BCUT2D eigenvalue weighted by Crippen LogP contribution is 2.25. The van der Waals surface area contributed by atoms with Gasteiger partial charge in [-0.2, -0.15) is 0 Å². The molecule has 1 aromatic rings. The largest absolute Gasteiger partial charge is 0.497 e. The molecule has 0 spiro atoms. The van der Waals surface area contributed by atoms with Crippen molar-refractivity contribution in [1.29, 1.82) is 0 Å². The van der Waals surface area contributed by atoms with Crippen LogP contribution in [0.2, 0.25) is 0 Å². The molecule has 1 saturated heterocycles. The van der Waals surface area contributed by atoms with E-state index < -0.39 is 17.9 Å². The van der Waals surface area contributed by atoms with Gasteiger partial charge in [0.25, 0.3) is 0 Å². The smallest absolute Gasteiger partial charge is 0.396 e. The predicted octanol–water partition coefficient (Wildman–Crippen LogP) is 0.480. The van der Waals surface area contributed by atoms with Crippen LogP contribution in [0.1, 0.15) is 13.3 Å². The molecule has 0 bridgehead atoms. The number of nitrogens with one attached hydrogen (secondary N) is 1. The number of esters is 1. The summed E-state index contributed by atoms with van der Waals surface area (Å²) < 4.78 is 9.75. The molecule has 0 saturated carbocycles. The average Bonchev–Trinajstić information content (AvgIpc) is 2.88. The van der Waals surface area contributed by atoms with E-state index in [9.17, 15) is 14.4 Å². The van der Waals surface area contributed by atoms with Gasteiger partial charge >= 0.3 is 11.9 Å². The summed E-state index contributed by atoms with van der Waals surface area (Å²) in [6.07, 6.45) is 0.141. The summed E-state index contributed by atoms with van der Waals surface area (Å²) in [7, 11) is 1.55. The van der Waals surface area contributed by atoms with Crippen LogP contribution in [0.5, 0.6) is 5.75 Å². The maximum absolute atomic E-state index is 12.1. The summed E-state index contributed by atoms with van der Waals surface area (Å²) in [5, 5.41) is 2.51. The minimum absolute atomic E-state index is 0.123. The minimum Gasteiger partial charge on any atom is -0.497 e. The first-order valence-corrected chi connectivity index (χ1v) is 6.97. The maximum atomic E-state index is 12.1. The fourth-order valence-electron chi connectivity index (χ4n) is 2.27. The van der Waals surface area contributed by atoms with E-state index in [1.165, 1.54) is 0 Å². The second-order valence-corrected chi connectivity index (χ2v) is 4.80. The summed E-state index contributed by atoms with van der Waals surface area (Å²) in [5.41, 5.74) is 0.692. The third kappa shape index (κ3) is 3.55. The molecule has 1 aliphatic heterocycles. The second-order valence-electron chi connectivity index (χ2n) is 4.80. The van der Waals surface area contributed by atoms with Crippen molar-refractivity contribution in [1.82, 2.24) is 5.32 Å². The van der Waals surface area contributed by atoms with Crippen molar-refractivity contribution in [2.75, 3.05) is 25.2 Å². The predicted molar refractivity (Wildman–Crippen MR) is 78.5 cm³/mol. The Bertz CT molecular complexity index is 587. The number of methoxy groups -OCH3 is 1. The van der Waals surface area contributed by atoms with Crippen LogP contribution in [-0.2, 0) is 19.1 Å². The molecular formula is C15H18N2O5. The number of nitrogens with zero attached hydrogens (tertiary/aromatic N) is 1. The Balaban J connectivity index is 2.01. The molecule has 1 N–H and O–H groups in total. The maximum Gasteiger partial charge on any atom is 0.396 e. The van der Waals surface area contributed by atoms with Crippen LogP contribution < -0.4 is 15.0 Å². The van der Waals surface area contributed by atoms with Crippen molar-refractivity contribution in [3.05, 3.63) is 24.3 Å². The first-order chi connectivity index (χ1) is 10.5. The van der Waals surface area contributed by atoms with Crippen molar-refractivity contribution in [2.24, 2.45) is 0 Å². The minimum atomic E-state index is -0.935. The van der Waals surface area contributed by atoms with Gasteiger partial charge in [-0.25, -0.2) is 4.79 Å². The molecule has 0 aromatic heterocycles. The van der Waals surface area contributed by atoms with Crippen LogP contribution >= 0.6 is 0 Å². The molecule has 2 rings (SSSR count). The summed E-state index contributed by atoms with van der Waals surface area (Å²) in [6.45, 7) is 2.05. The van der Waals surface area contributed by atoms with Crippen LogP contribution in [0.25, 0.3) is 0 Å². The summed E-state index contributed by atoms with van der Waals surface area (Å²) in [6, 6.07) is 6.68. The molecule has 1 unspecified atom stereocenters. The Morgan fingerprint density at radius 3 is 2.86 bits per heavy atom. The molecule has 0 radical (unpaired) electrons. The zero-order valence-electron chi connectivity index (χ0n) is 12.5. The number of benzene rings is 1.